The Morgan fingerprint density at radius 2 is 1.83 bits per heavy atom. The van der Waals surface area contributed by atoms with E-state index in [0.29, 0.717) is 23.1 Å². The molecule has 0 unspecified atom stereocenters. The van der Waals surface area contributed by atoms with Gasteiger partial charge in [-0.25, -0.2) is 15.0 Å². The molecule has 2 heterocycles. The maximum atomic E-state index is 11.8. The van der Waals surface area contributed by atoms with E-state index in [9.17, 15) is 4.79 Å². The van der Waals surface area contributed by atoms with Crippen molar-refractivity contribution >= 4 is 22.5 Å². The maximum absolute atomic E-state index is 11.8. The van der Waals surface area contributed by atoms with E-state index in [1.54, 1.807) is 25.6 Å². The third-order valence-electron chi connectivity index (χ3n) is 5.58. The highest BCUT2D eigenvalue weighted by atomic mass is 16.5. The number of ether oxygens (including phenoxy) is 2. The Balaban J connectivity index is 1.58. The average molecular weight is 475 g/mol. The fraction of sp³-hybridized carbons (Fsp3) is 0.0345. The number of amides is 1. The Morgan fingerprint density at radius 1 is 0.917 bits per heavy atom. The second-order valence-corrected chi connectivity index (χ2v) is 7.89. The van der Waals surface area contributed by atoms with Crippen LogP contribution in [-0.4, -0.2) is 28.0 Å². The number of hydrogen-bond donors (Lipinski definition) is 1. The molecule has 0 aliphatic rings. The fourth-order valence-electron chi connectivity index (χ4n) is 3.90. The number of nitrogens with one attached hydrogen (secondary N) is 1. The van der Waals surface area contributed by atoms with E-state index in [-0.39, 0.29) is 5.91 Å². The Labute approximate surface area is 208 Å². The van der Waals surface area contributed by atoms with Crippen molar-refractivity contribution in [1.29, 1.82) is 0 Å². The van der Waals surface area contributed by atoms with Crippen LogP contribution >= 0.6 is 0 Å². The third-order valence-corrected chi connectivity index (χ3v) is 5.58. The van der Waals surface area contributed by atoms with Gasteiger partial charge in [0.25, 0.3) is 0 Å². The van der Waals surface area contributed by atoms with Gasteiger partial charge in [-0.1, -0.05) is 30.8 Å². The summed E-state index contributed by atoms with van der Waals surface area (Å²) in [4.78, 5) is 24.8. The lowest BCUT2D eigenvalue weighted by Crippen LogP contribution is -2.07. The summed E-state index contributed by atoms with van der Waals surface area (Å²) in [6.45, 7) is 3.52. The van der Waals surface area contributed by atoms with E-state index in [1.807, 2.05) is 60.7 Å². The highest BCUT2D eigenvalue weighted by Gasteiger charge is 2.13. The van der Waals surface area contributed by atoms with Crippen LogP contribution in [0.25, 0.3) is 33.2 Å². The molecule has 0 bridgehead atoms. The van der Waals surface area contributed by atoms with Gasteiger partial charge in [-0.3, -0.25) is 4.79 Å². The molecule has 0 saturated carbocycles. The minimum absolute atomic E-state index is 0.270. The summed E-state index contributed by atoms with van der Waals surface area (Å²) in [6, 6.07) is 22.9. The largest absolute Gasteiger partial charge is 0.493 e. The summed E-state index contributed by atoms with van der Waals surface area (Å²) in [7, 11) is 1.60. The summed E-state index contributed by atoms with van der Waals surface area (Å²) >= 11 is 0. The number of rotatable bonds is 7. The Morgan fingerprint density at radius 3 is 2.64 bits per heavy atom. The van der Waals surface area contributed by atoms with E-state index in [4.69, 9.17) is 9.47 Å². The monoisotopic (exact) mass is 474 g/mol. The molecule has 0 aliphatic heterocycles. The molecule has 1 amide bonds. The first-order valence-electron chi connectivity index (χ1n) is 11.2. The van der Waals surface area contributed by atoms with E-state index in [1.165, 1.54) is 12.4 Å². The summed E-state index contributed by atoms with van der Waals surface area (Å²) in [6.07, 6.45) is 6.23. The zero-order valence-corrected chi connectivity index (χ0v) is 19.5. The first kappa shape index (κ1) is 22.7. The third kappa shape index (κ3) is 4.76. The van der Waals surface area contributed by atoms with Gasteiger partial charge in [0.1, 0.15) is 6.33 Å². The number of anilines is 1. The summed E-state index contributed by atoms with van der Waals surface area (Å²) in [5.74, 6) is 1.36. The van der Waals surface area contributed by atoms with Crippen molar-refractivity contribution in [2.75, 3.05) is 12.4 Å². The van der Waals surface area contributed by atoms with E-state index < -0.39 is 0 Å². The molecule has 5 aromatic rings. The van der Waals surface area contributed by atoms with Crippen LogP contribution in [0, 0.1) is 0 Å². The zero-order valence-electron chi connectivity index (χ0n) is 19.5. The van der Waals surface area contributed by atoms with Crippen molar-refractivity contribution in [2.24, 2.45) is 0 Å². The van der Waals surface area contributed by atoms with Crippen LogP contribution < -0.4 is 14.8 Å². The minimum atomic E-state index is -0.270. The van der Waals surface area contributed by atoms with Gasteiger partial charge in [0.15, 0.2) is 11.5 Å². The minimum Gasteiger partial charge on any atom is -0.493 e. The highest BCUT2D eigenvalue weighted by Crippen LogP contribution is 2.38. The number of hydrogen-bond acceptors (Lipinski definition) is 6. The molecule has 1 N–H and O–H groups in total. The number of carbonyl (C=O) groups is 1. The number of nitrogens with zero attached hydrogens (tertiary/aromatic N) is 3. The van der Waals surface area contributed by atoms with E-state index >= 15 is 0 Å². The van der Waals surface area contributed by atoms with Gasteiger partial charge in [-0.15, -0.1) is 0 Å². The lowest BCUT2D eigenvalue weighted by Gasteiger charge is -2.14. The number of pyridine rings is 1. The van der Waals surface area contributed by atoms with Crippen molar-refractivity contribution in [1.82, 2.24) is 15.0 Å². The first-order valence-corrected chi connectivity index (χ1v) is 11.2. The molecule has 0 saturated heterocycles. The van der Waals surface area contributed by atoms with Crippen molar-refractivity contribution in [2.45, 2.75) is 0 Å². The fourth-order valence-corrected chi connectivity index (χ4v) is 3.90. The van der Waals surface area contributed by atoms with Gasteiger partial charge in [0, 0.05) is 35.1 Å². The van der Waals surface area contributed by atoms with Gasteiger partial charge in [0.2, 0.25) is 11.8 Å². The smallest absolute Gasteiger partial charge is 0.247 e. The summed E-state index contributed by atoms with van der Waals surface area (Å²) < 4.78 is 11.5. The van der Waals surface area contributed by atoms with Gasteiger partial charge in [-0.2, -0.15) is 0 Å². The predicted molar refractivity (Wildman–Crippen MR) is 140 cm³/mol. The zero-order chi connectivity index (χ0) is 24.9. The van der Waals surface area contributed by atoms with Crippen LogP contribution in [0.5, 0.6) is 17.4 Å². The summed E-state index contributed by atoms with van der Waals surface area (Å²) in [5.41, 5.74) is 5.18. The van der Waals surface area contributed by atoms with Crippen LogP contribution in [0.2, 0.25) is 0 Å². The van der Waals surface area contributed by atoms with E-state index in [2.05, 4.69) is 32.9 Å². The molecule has 0 spiro atoms. The SMILES string of the molecule is C=CC(=O)Nc1cccc(-c2cc(-c3ccc(Oc4ccccn4)c(OC)c3)cc3cncnc23)c1. The Kier molecular flexibility index (Phi) is 6.36. The van der Waals surface area contributed by atoms with Gasteiger partial charge in [-0.05, 0) is 65.2 Å². The summed E-state index contributed by atoms with van der Waals surface area (Å²) in [5, 5.41) is 3.70. The van der Waals surface area contributed by atoms with Crippen LogP contribution in [0.4, 0.5) is 5.69 Å². The predicted octanol–water partition coefficient (Wildman–Crippen LogP) is 6.28. The Hall–Kier alpha value is -5.04. The standard InChI is InChI=1S/C29H22N4O3/c1-3-27(34)33-23-8-6-7-20(14-23)24-15-21(13-22-17-30-18-32-29(22)24)19-10-11-25(26(16-19)35-2)36-28-9-4-5-12-31-28/h3-18H,1H2,2H3,(H,33,34). The van der Waals surface area contributed by atoms with Crippen molar-refractivity contribution in [3.8, 4) is 39.6 Å². The highest BCUT2D eigenvalue weighted by molar-refractivity contribution is 6.01. The molecule has 0 atom stereocenters. The molecular weight excluding hydrogens is 452 g/mol. The molecule has 5 rings (SSSR count). The molecule has 36 heavy (non-hydrogen) atoms. The second-order valence-electron chi connectivity index (χ2n) is 7.89. The lowest BCUT2D eigenvalue weighted by atomic mass is 9.95. The number of benzene rings is 3. The quantitative estimate of drug-likeness (QED) is 0.279. The molecular formula is C29H22N4O3. The van der Waals surface area contributed by atoms with Crippen LogP contribution in [0.3, 0.4) is 0 Å². The number of fused-ring (bicyclic) bond motifs is 1. The number of carbonyl (C=O) groups excluding carboxylic acids is 1. The van der Waals surface area contributed by atoms with Crippen LogP contribution in [-0.2, 0) is 4.79 Å². The molecule has 0 aliphatic carbocycles. The van der Waals surface area contributed by atoms with Gasteiger partial charge in [0.05, 0.1) is 12.6 Å². The maximum Gasteiger partial charge on any atom is 0.247 e. The number of methoxy groups -OCH3 is 1. The van der Waals surface area contributed by atoms with Gasteiger partial charge < -0.3 is 14.8 Å². The van der Waals surface area contributed by atoms with Gasteiger partial charge >= 0.3 is 0 Å². The normalized spacial score (nSPS) is 10.6. The molecule has 0 radical (unpaired) electrons. The first-order chi connectivity index (χ1) is 17.6. The number of aromatic nitrogens is 3. The Bertz CT molecular complexity index is 1570. The molecule has 2 aromatic heterocycles. The van der Waals surface area contributed by atoms with Crippen LogP contribution in [0.15, 0.2) is 104 Å². The average Bonchev–Trinajstić information content (AvgIpc) is 2.93. The second kappa shape index (κ2) is 10.1. The molecule has 176 valence electrons. The molecule has 7 nitrogen and oxygen atoms in total. The lowest BCUT2D eigenvalue weighted by molar-refractivity contribution is -0.111. The van der Waals surface area contributed by atoms with Crippen LogP contribution in [0.1, 0.15) is 0 Å². The van der Waals surface area contributed by atoms with E-state index in [0.717, 1.165) is 33.2 Å². The van der Waals surface area contributed by atoms with Crippen molar-refractivity contribution < 1.29 is 14.3 Å². The van der Waals surface area contributed by atoms with Crippen molar-refractivity contribution in [3.05, 3.63) is 104 Å². The molecule has 0 fully saturated rings. The topological polar surface area (TPSA) is 86.2 Å². The molecule has 3 aromatic carbocycles. The van der Waals surface area contributed by atoms with Crippen molar-refractivity contribution in [3.63, 3.8) is 0 Å². The molecule has 7 heteroatoms.